The standard InChI is InChI=1S/C7H11ClN4/c8-7-10-6-2-1-5(3-9)4-12(6)11-7/h5H,1-4,9H2. The summed E-state index contributed by atoms with van der Waals surface area (Å²) < 4.78 is 1.86. The van der Waals surface area contributed by atoms with E-state index in [2.05, 4.69) is 10.1 Å². The molecule has 2 N–H and O–H groups in total. The van der Waals surface area contributed by atoms with E-state index in [1.54, 1.807) is 0 Å². The van der Waals surface area contributed by atoms with E-state index in [0.717, 1.165) is 31.8 Å². The van der Waals surface area contributed by atoms with Crippen LogP contribution < -0.4 is 5.73 Å². The number of nitrogens with zero attached hydrogens (tertiary/aromatic N) is 3. The SMILES string of the molecule is NCC1CCc2nc(Cl)nn2C1. The molecule has 1 aliphatic heterocycles. The maximum atomic E-state index is 5.67. The summed E-state index contributed by atoms with van der Waals surface area (Å²) in [5, 5.41) is 4.41. The molecular weight excluding hydrogens is 176 g/mol. The highest BCUT2D eigenvalue weighted by Crippen LogP contribution is 2.18. The molecule has 0 bridgehead atoms. The van der Waals surface area contributed by atoms with Crippen LogP contribution in [0.15, 0.2) is 0 Å². The maximum absolute atomic E-state index is 5.67. The molecule has 2 rings (SSSR count). The predicted molar refractivity (Wildman–Crippen MR) is 45.9 cm³/mol. The third-order valence-corrected chi connectivity index (χ3v) is 2.42. The molecule has 0 radical (unpaired) electrons. The quantitative estimate of drug-likeness (QED) is 0.693. The van der Waals surface area contributed by atoms with E-state index in [1.807, 2.05) is 4.68 Å². The van der Waals surface area contributed by atoms with Gasteiger partial charge in [0.1, 0.15) is 5.82 Å². The normalized spacial score (nSPS) is 22.3. The van der Waals surface area contributed by atoms with Gasteiger partial charge >= 0.3 is 0 Å². The van der Waals surface area contributed by atoms with Gasteiger partial charge in [-0.3, -0.25) is 0 Å². The molecule has 0 fully saturated rings. The van der Waals surface area contributed by atoms with Crippen LogP contribution in [-0.4, -0.2) is 21.3 Å². The van der Waals surface area contributed by atoms with Crippen LogP contribution >= 0.6 is 11.6 Å². The number of halogens is 1. The number of nitrogens with two attached hydrogens (primary N) is 1. The van der Waals surface area contributed by atoms with Crippen molar-refractivity contribution in [3.63, 3.8) is 0 Å². The van der Waals surface area contributed by atoms with Crippen molar-refractivity contribution in [3.05, 3.63) is 11.1 Å². The van der Waals surface area contributed by atoms with E-state index in [4.69, 9.17) is 17.3 Å². The molecule has 0 spiro atoms. The van der Waals surface area contributed by atoms with Gasteiger partial charge < -0.3 is 5.73 Å². The summed E-state index contributed by atoms with van der Waals surface area (Å²) in [6.45, 7) is 1.59. The van der Waals surface area contributed by atoms with Crippen LogP contribution in [0, 0.1) is 5.92 Å². The van der Waals surface area contributed by atoms with E-state index < -0.39 is 0 Å². The molecule has 1 aromatic heterocycles. The summed E-state index contributed by atoms with van der Waals surface area (Å²) in [5.41, 5.74) is 5.57. The van der Waals surface area contributed by atoms with Gasteiger partial charge in [0.2, 0.25) is 5.28 Å². The van der Waals surface area contributed by atoms with Crippen LogP contribution in [0.4, 0.5) is 0 Å². The van der Waals surface area contributed by atoms with Crippen molar-refractivity contribution in [2.45, 2.75) is 19.4 Å². The van der Waals surface area contributed by atoms with Crippen LogP contribution in [-0.2, 0) is 13.0 Å². The third kappa shape index (κ3) is 1.32. The lowest BCUT2D eigenvalue weighted by atomic mass is 10.0. The molecule has 12 heavy (non-hydrogen) atoms. The molecule has 1 unspecified atom stereocenters. The Bertz CT molecular complexity index is 283. The Balaban J connectivity index is 2.22. The molecule has 0 amide bonds. The third-order valence-electron chi connectivity index (χ3n) is 2.26. The van der Waals surface area contributed by atoms with Crippen LogP contribution in [0.1, 0.15) is 12.2 Å². The lowest BCUT2D eigenvalue weighted by Gasteiger charge is -2.20. The number of hydrogen-bond donors (Lipinski definition) is 1. The van der Waals surface area contributed by atoms with E-state index in [0.29, 0.717) is 11.2 Å². The summed E-state index contributed by atoms with van der Waals surface area (Å²) in [7, 11) is 0. The van der Waals surface area contributed by atoms with Crippen molar-refractivity contribution in [3.8, 4) is 0 Å². The molecule has 66 valence electrons. The Morgan fingerprint density at radius 3 is 3.25 bits per heavy atom. The minimum absolute atomic E-state index is 0.350. The van der Waals surface area contributed by atoms with Crippen LogP contribution in [0.5, 0.6) is 0 Å². The fraction of sp³-hybridized carbons (Fsp3) is 0.714. The molecule has 0 saturated carbocycles. The highest BCUT2D eigenvalue weighted by Gasteiger charge is 2.19. The van der Waals surface area contributed by atoms with Crippen molar-refractivity contribution >= 4 is 11.6 Å². The molecule has 2 heterocycles. The van der Waals surface area contributed by atoms with Gasteiger partial charge in [-0.2, -0.15) is 0 Å². The number of fused-ring (bicyclic) bond motifs is 1. The summed E-state index contributed by atoms with van der Waals surface area (Å²) in [4.78, 5) is 4.10. The molecule has 0 aromatic carbocycles. The second-order valence-electron chi connectivity index (χ2n) is 3.12. The van der Waals surface area contributed by atoms with Crippen LogP contribution in [0.2, 0.25) is 5.28 Å². The van der Waals surface area contributed by atoms with Gasteiger partial charge in [-0.25, -0.2) is 9.67 Å². The average molecular weight is 187 g/mol. The maximum Gasteiger partial charge on any atom is 0.242 e. The van der Waals surface area contributed by atoms with E-state index in [9.17, 15) is 0 Å². The largest absolute Gasteiger partial charge is 0.330 e. The Labute approximate surface area is 75.7 Å². The molecule has 1 aliphatic rings. The zero-order valence-electron chi connectivity index (χ0n) is 6.70. The van der Waals surface area contributed by atoms with Gasteiger partial charge in [-0.1, -0.05) is 0 Å². The Kier molecular flexibility index (Phi) is 2.02. The molecule has 1 aromatic rings. The summed E-state index contributed by atoms with van der Waals surface area (Å²) in [6, 6.07) is 0. The predicted octanol–water partition coefficient (Wildman–Crippen LogP) is 0.453. The Morgan fingerprint density at radius 1 is 1.67 bits per heavy atom. The van der Waals surface area contributed by atoms with Gasteiger partial charge in [0.05, 0.1) is 0 Å². The lowest BCUT2D eigenvalue weighted by molar-refractivity contribution is 0.350. The Morgan fingerprint density at radius 2 is 2.50 bits per heavy atom. The fourth-order valence-corrected chi connectivity index (χ4v) is 1.73. The summed E-state index contributed by atoms with van der Waals surface area (Å²) in [6.07, 6.45) is 2.05. The highest BCUT2D eigenvalue weighted by atomic mass is 35.5. The van der Waals surface area contributed by atoms with Gasteiger partial charge in [0.15, 0.2) is 0 Å². The second kappa shape index (κ2) is 3.03. The van der Waals surface area contributed by atoms with Gasteiger partial charge in [-0.05, 0) is 30.5 Å². The zero-order chi connectivity index (χ0) is 8.55. The number of hydrogen-bond acceptors (Lipinski definition) is 3. The highest BCUT2D eigenvalue weighted by molar-refractivity contribution is 6.28. The fourth-order valence-electron chi connectivity index (χ4n) is 1.54. The monoisotopic (exact) mass is 186 g/mol. The van der Waals surface area contributed by atoms with Gasteiger partial charge in [0.25, 0.3) is 0 Å². The first-order valence-corrected chi connectivity index (χ1v) is 4.46. The number of aryl methyl sites for hydroxylation is 1. The Hall–Kier alpha value is -0.610. The lowest BCUT2D eigenvalue weighted by Crippen LogP contribution is -2.27. The first-order chi connectivity index (χ1) is 5.79. The van der Waals surface area contributed by atoms with Gasteiger partial charge in [0, 0.05) is 13.0 Å². The summed E-state index contributed by atoms with van der Waals surface area (Å²) in [5.74, 6) is 1.53. The molecule has 0 saturated heterocycles. The summed E-state index contributed by atoms with van der Waals surface area (Å²) >= 11 is 5.67. The van der Waals surface area contributed by atoms with E-state index in [1.165, 1.54) is 0 Å². The minimum atomic E-state index is 0.350. The zero-order valence-corrected chi connectivity index (χ0v) is 7.46. The van der Waals surface area contributed by atoms with Crippen molar-refractivity contribution < 1.29 is 0 Å². The van der Waals surface area contributed by atoms with E-state index in [-0.39, 0.29) is 0 Å². The van der Waals surface area contributed by atoms with Crippen LogP contribution in [0.3, 0.4) is 0 Å². The smallest absolute Gasteiger partial charge is 0.242 e. The van der Waals surface area contributed by atoms with Crippen molar-refractivity contribution in [2.24, 2.45) is 11.7 Å². The molecule has 5 heteroatoms. The van der Waals surface area contributed by atoms with Crippen molar-refractivity contribution in [1.29, 1.82) is 0 Å². The van der Waals surface area contributed by atoms with E-state index >= 15 is 0 Å². The van der Waals surface area contributed by atoms with Crippen molar-refractivity contribution in [1.82, 2.24) is 14.8 Å². The number of rotatable bonds is 1. The molecule has 1 atom stereocenters. The minimum Gasteiger partial charge on any atom is -0.330 e. The first-order valence-electron chi connectivity index (χ1n) is 4.09. The molecule has 4 nitrogen and oxygen atoms in total. The first kappa shape index (κ1) is 8.01. The topological polar surface area (TPSA) is 56.7 Å². The second-order valence-corrected chi connectivity index (χ2v) is 3.46. The van der Waals surface area contributed by atoms with Crippen molar-refractivity contribution in [2.75, 3.05) is 6.54 Å². The molecule has 0 aliphatic carbocycles. The molecular formula is C7H11ClN4. The average Bonchev–Trinajstić information content (AvgIpc) is 2.43. The number of aromatic nitrogens is 3. The van der Waals surface area contributed by atoms with Gasteiger partial charge in [-0.15, -0.1) is 5.10 Å². The van der Waals surface area contributed by atoms with Crippen LogP contribution in [0.25, 0.3) is 0 Å².